The second-order valence-electron chi connectivity index (χ2n) is 5.86. The Labute approximate surface area is 146 Å². The van der Waals surface area contributed by atoms with Gasteiger partial charge in [0.25, 0.3) is 5.56 Å². The molecule has 0 aliphatic heterocycles. The number of anilines is 1. The number of nitrogens with zero attached hydrogens (tertiary/aromatic N) is 2. The van der Waals surface area contributed by atoms with E-state index in [-0.39, 0.29) is 22.5 Å². The van der Waals surface area contributed by atoms with Crippen molar-refractivity contribution in [1.82, 2.24) is 4.98 Å². The smallest absolute Gasteiger partial charge is 0.268 e. The summed E-state index contributed by atoms with van der Waals surface area (Å²) in [6.07, 6.45) is 2.00. The van der Waals surface area contributed by atoms with E-state index in [1.54, 1.807) is 0 Å². The minimum Gasteiger partial charge on any atom is -0.493 e. The molecule has 0 unspecified atom stereocenters. The maximum atomic E-state index is 12.1. The number of nitrogens with one attached hydrogen (secondary N) is 1. The van der Waals surface area contributed by atoms with Crippen molar-refractivity contribution >= 4 is 5.82 Å². The zero-order valence-corrected chi connectivity index (χ0v) is 14.6. The Hall–Kier alpha value is -3.25. The quantitative estimate of drug-likeness (QED) is 0.814. The molecule has 1 aromatic heterocycles. The first kappa shape index (κ1) is 18.1. The molecule has 3 N–H and O–H groups in total. The maximum Gasteiger partial charge on any atom is 0.268 e. The van der Waals surface area contributed by atoms with Crippen molar-refractivity contribution in [3.63, 3.8) is 0 Å². The second kappa shape index (κ2) is 7.55. The fraction of sp³-hybridized carbons (Fsp3) is 0.316. The largest absolute Gasteiger partial charge is 0.493 e. The van der Waals surface area contributed by atoms with Crippen molar-refractivity contribution < 1.29 is 4.74 Å². The van der Waals surface area contributed by atoms with Crippen LogP contribution >= 0.6 is 0 Å². The summed E-state index contributed by atoms with van der Waals surface area (Å²) < 4.78 is 5.84. The van der Waals surface area contributed by atoms with Gasteiger partial charge in [-0.3, -0.25) is 4.79 Å². The Morgan fingerprint density at radius 1 is 1.16 bits per heavy atom. The number of hydrogen-bond acceptors (Lipinski definition) is 5. The Morgan fingerprint density at radius 2 is 1.76 bits per heavy atom. The van der Waals surface area contributed by atoms with Gasteiger partial charge in [-0.05, 0) is 49.1 Å². The molecule has 2 rings (SSSR count). The van der Waals surface area contributed by atoms with E-state index in [0.29, 0.717) is 12.2 Å². The van der Waals surface area contributed by atoms with Gasteiger partial charge in [0.1, 0.15) is 34.8 Å². The molecule has 6 nitrogen and oxygen atoms in total. The van der Waals surface area contributed by atoms with Gasteiger partial charge in [-0.25, -0.2) is 0 Å². The molecular formula is C19H20N4O2. The van der Waals surface area contributed by atoms with Crippen molar-refractivity contribution in [3.8, 4) is 29.0 Å². The Kier molecular flexibility index (Phi) is 5.46. The lowest BCUT2D eigenvalue weighted by molar-refractivity contribution is 0.305. The van der Waals surface area contributed by atoms with Crippen molar-refractivity contribution in [1.29, 1.82) is 10.5 Å². The van der Waals surface area contributed by atoms with Crippen LogP contribution in [-0.2, 0) is 0 Å². The molecule has 0 spiro atoms. The number of pyridine rings is 1. The zero-order chi connectivity index (χ0) is 18.6. The molecule has 0 atom stereocenters. The Balaban J connectivity index is 2.67. The molecular weight excluding hydrogens is 316 g/mol. The molecule has 25 heavy (non-hydrogen) atoms. The molecule has 0 radical (unpaired) electrons. The average Bonchev–Trinajstić information content (AvgIpc) is 2.56. The minimum atomic E-state index is -0.604. The Morgan fingerprint density at radius 3 is 2.28 bits per heavy atom. The second-order valence-corrected chi connectivity index (χ2v) is 5.86. The number of aromatic nitrogens is 1. The first-order chi connectivity index (χ1) is 11.9. The van der Waals surface area contributed by atoms with Crippen LogP contribution in [0, 0.1) is 36.5 Å². The Bertz CT molecular complexity index is 923. The van der Waals surface area contributed by atoms with E-state index in [1.807, 2.05) is 38.1 Å². The number of nitrogen functional groups attached to an aromatic ring is 1. The van der Waals surface area contributed by atoms with Crippen LogP contribution in [0.4, 0.5) is 5.82 Å². The summed E-state index contributed by atoms with van der Waals surface area (Å²) in [6, 6.07) is 7.48. The summed E-state index contributed by atoms with van der Waals surface area (Å²) in [5.74, 6) is 0.743. The van der Waals surface area contributed by atoms with Crippen LogP contribution in [0.15, 0.2) is 16.9 Å². The van der Waals surface area contributed by atoms with E-state index < -0.39 is 5.56 Å². The lowest BCUT2D eigenvalue weighted by Gasteiger charge is -2.15. The van der Waals surface area contributed by atoms with Crippen LogP contribution in [-0.4, -0.2) is 11.6 Å². The monoisotopic (exact) mass is 336 g/mol. The molecule has 128 valence electrons. The molecule has 0 fully saturated rings. The summed E-state index contributed by atoms with van der Waals surface area (Å²) in [6.45, 7) is 6.51. The third-order valence-electron chi connectivity index (χ3n) is 3.96. The molecule has 0 saturated carbocycles. The number of hydrogen-bond donors (Lipinski definition) is 2. The molecule has 0 amide bonds. The van der Waals surface area contributed by atoms with Gasteiger partial charge in [-0.1, -0.05) is 13.3 Å². The van der Waals surface area contributed by atoms with E-state index in [0.717, 1.165) is 29.7 Å². The van der Waals surface area contributed by atoms with Crippen molar-refractivity contribution in [2.24, 2.45) is 0 Å². The summed E-state index contributed by atoms with van der Waals surface area (Å²) in [4.78, 5) is 14.4. The van der Waals surface area contributed by atoms with Gasteiger partial charge < -0.3 is 15.5 Å². The van der Waals surface area contributed by atoms with Crippen LogP contribution in [0.3, 0.4) is 0 Å². The van der Waals surface area contributed by atoms with Gasteiger partial charge in [0.2, 0.25) is 0 Å². The number of ether oxygens (including phenoxy) is 1. The van der Waals surface area contributed by atoms with Crippen molar-refractivity contribution in [2.45, 2.75) is 33.6 Å². The predicted octanol–water partition coefficient (Wildman–Crippen LogP) is 3.16. The molecule has 0 saturated heterocycles. The molecule has 6 heteroatoms. The first-order valence-corrected chi connectivity index (χ1v) is 8.04. The van der Waals surface area contributed by atoms with E-state index >= 15 is 0 Å². The van der Waals surface area contributed by atoms with Gasteiger partial charge in [0.05, 0.1) is 6.61 Å². The maximum absolute atomic E-state index is 12.1. The zero-order valence-electron chi connectivity index (χ0n) is 14.6. The van der Waals surface area contributed by atoms with Crippen LogP contribution in [0.2, 0.25) is 0 Å². The highest BCUT2D eigenvalue weighted by Crippen LogP contribution is 2.34. The van der Waals surface area contributed by atoms with Crippen molar-refractivity contribution in [2.75, 3.05) is 12.3 Å². The summed E-state index contributed by atoms with van der Waals surface area (Å²) >= 11 is 0. The average molecular weight is 336 g/mol. The standard InChI is InChI=1S/C19H20N4O2/c1-4-5-6-25-17-11(2)7-13(8-12(17)3)16-14(9-20)18(22)23-19(24)15(16)10-21/h7-8H,4-6H2,1-3H3,(H3,22,23,24). The van der Waals surface area contributed by atoms with Gasteiger partial charge in [0.15, 0.2) is 0 Å². The lowest BCUT2D eigenvalue weighted by atomic mass is 9.93. The molecule has 0 aliphatic rings. The highest BCUT2D eigenvalue weighted by Gasteiger charge is 2.19. The number of aryl methyl sites for hydroxylation is 2. The molecule has 1 heterocycles. The first-order valence-electron chi connectivity index (χ1n) is 8.04. The number of aromatic amines is 1. The van der Waals surface area contributed by atoms with Gasteiger partial charge in [0, 0.05) is 5.56 Å². The van der Waals surface area contributed by atoms with Crippen LogP contribution in [0.1, 0.15) is 42.0 Å². The number of rotatable bonds is 5. The number of benzene rings is 1. The van der Waals surface area contributed by atoms with Gasteiger partial charge >= 0.3 is 0 Å². The molecule has 0 bridgehead atoms. The summed E-state index contributed by atoms with van der Waals surface area (Å²) in [7, 11) is 0. The van der Waals surface area contributed by atoms with Crippen LogP contribution in [0.5, 0.6) is 5.75 Å². The third-order valence-corrected chi connectivity index (χ3v) is 3.96. The van der Waals surface area contributed by atoms with Crippen LogP contribution < -0.4 is 16.0 Å². The van der Waals surface area contributed by atoms with Gasteiger partial charge in [-0.15, -0.1) is 0 Å². The number of unbranched alkanes of at least 4 members (excludes halogenated alkanes) is 1. The highest BCUT2D eigenvalue weighted by atomic mass is 16.5. The SMILES string of the molecule is CCCCOc1c(C)cc(-c2c(C#N)c(N)[nH]c(=O)c2C#N)cc1C. The number of H-pyrrole nitrogens is 1. The summed E-state index contributed by atoms with van der Waals surface area (Å²) in [5.41, 5.74) is 7.74. The molecule has 1 aromatic carbocycles. The van der Waals surface area contributed by atoms with Gasteiger partial charge in [-0.2, -0.15) is 10.5 Å². The predicted molar refractivity (Wildman–Crippen MR) is 96.2 cm³/mol. The van der Waals surface area contributed by atoms with E-state index in [2.05, 4.69) is 11.9 Å². The third kappa shape index (κ3) is 3.49. The number of nitriles is 2. The van der Waals surface area contributed by atoms with E-state index in [4.69, 9.17) is 10.5 Å². The number of nitrogens with two attached hydrogens (primary N) is 1. The normalized spacial score (nSPS) is 10.1. The fourth-order valence-corrected chi connectivity index (χ4v) is 2.77. The topological polar surface area (TPSA) is 116 Å². The highest BCUT2D eigenvalue weighted by molar-refractivity contribution is 5.81. The van der Waals surface area contributed by atoms with E-state index in [9.17, 15) is 15.3 Å². The van der Waals surface area contributed by atoms with E-state index in [1.165, 1.54) is 0 Å². The molecule has 2 aromatic rings. The molecule has 0 aliphatic carbocycles. The summed E-state index contributed by atoms with van der Waals surface area (Å²) in [5, 5.41) is 18.8. The lowest BCUT2D eigenvalue weighted by Crippen LogP contribution is -2.16. The van der Waals surface area contributed by atoms with Crippen molar-refractivity contribution in [3.05, 3.63) is 44.7 Å². The minimum absolute atomic E-state index is 0.0416. The fourth-order valence-electron chi connectivity index (χ4n) is 2.77. The van der Waals surface area contributed by atoms with Crippen LogP contribution in [0.25, 0.3) is 11.1 Å².